The van der Waals surface area contributed by atoms with E-state index in [-0.39, 0.29) is 0 Å². The van der Waals surface area contributed by atoms with Crippen LogP contribution in [0.4, 0.5) is 5.13 Å². The molecule has 0 spiro atoms. The summed E-state index contributed by atoms with van der Waals surface area (Å²) in [5.41, 5.74) is 2.17. The van der Waals surface area contributed by atoms with Crippen LogP contribution < -0.4 is 18.9 Å². The van der Waals surface area contributed by atoms with E-state index in [1.807, 2.05) is 42.5 Å². The zero-order valence-electron chi connectivity index (χ0n) is 32.9. The number of esters is 1. The smallest absolute Gasteiger partial charge is 0.343 e. The Kier molecular flexibility index (Phi) is 20.2. The number of rotatable bonds is 28. The minimum absolute atomic E-state index is 0.323. The maximum absolute atomic E-state index is 12.9. The fraction of sp³-hybridized carbons (Fsp3) is 0.511. The van der Waals surface area contributed by atoms with E-state index in [0.717, 1.165) is 47.1 Å². The summed E-state index contributed by atoms with van der Waals surface area (Å²) in [6, 6.07) is 20.3. The molecule has 0 aliphatic carbocycles. The molecular formula is C45H61N3O5S. The number of aromatic nitrogens is 2. The molecule has 0 fully saturated rings. The number of nitrogens with zero attached hydrogens (tertiary/aromatic N) is 3. The molecule has 9 heteroatoms. The van der Waals surface area contributed by atoms with E-state index in [0.29, 0.717) is 28.8 Å². The summed E-state index contributed by atoms with van der Waals surface area (Å²) in [6.45, 7) is 5.93. The van der Waals surface area contributed by atoms with Gasteiger partial charge in [-0.1, -0.05) is 128 Å². The molecule has 3 aromatic carbocycles. The van der Waals surface area contributed by atoms with Crippen molar-refractivity contribution in [2.24, 2.45) is 4.99 Å². The van der Waals surface area contributed by atoms with Gasteiger partial charge in [-0.25, -0.2) is 9.79 Å². The summed E-state index contributed by atoms with van der Waals surface area (Å²) >= 11 is 1.41. The first kappa shape index (κ1) is 42.5. The third-order valence-electron chi connectivity index (χ3n) is 9.35. The first-order valence-corrected chi connectivity index (χ1v) is 21.1. The zero-order chi connectivity index (χ0) is 38.1. The van der Waals surface area contributed by atoms with Crippen molar-refractivity contribution in [3.63, 3.8) is 0 Å². The highest BCUT2D eigenvalue weighted by Crippen LogP contribution is 2.31. The predicted molar refractivity (Wildman–Crippen MR) is 222 cm³/mol. The predicted octanol–water partition coefficient (Wildman–Crippen LogP) is 13.0. The quantitative estimate of drug-likeness (QED) is 0.0247. The van der Waals surface area contributed by atoms with Crippen LogP contribution in [0.3, 0.4) is 0 Å². The normalized spacial score (nSPS) is 11.2. The number of methoxy groups -OCH3 is 1. The van der Waals surface area contributed by atoms with Gasteiger partial charge in [0, 0.05) is 11.8 Å². The minimum Gasteiger partial charge on any atom is -0.494 e. The lowest BCUT2D eigenvalue weighted by Crippen LogP contribution is -2.09. The van der Waals surface area contributed by atoms with Crippen LogP contribution in [0.15, 0.2) is 71.7 Å². The highest BCUT2D eigenvalue weighted by atomic mass is 32.1. The lowest BCUT2D eigenvalue weighted by atomic mass is 10.1. The Hall–Kier alpha value is -4.24. The SMILES string of the molecule is CCCCCCCCCCCCOc1ccc(C(=O)Oc2ccc(/C=N/c3nnc(-c4ccc(OCCCCCCCCCC)cc4)s3)cc2OC)cc1. The first-order valence-electron chi connectivity index (χ1n) is 20.3. The van der Waals surface area contributed by atoms with Crippen molar-refractivity contribution in [2.75, 3.05) is 20.3 Å². The van der Waals surface area contributed by atoms with Gasteiger partial charge in [0.1, 0.15) is 16.5 Å². The molecule has 0 radical (unpaired) electrons. The van der Waals surface area contributed by atoms with Crippen molar-refractivity contribution in [3.8, 4) is 33.6 Å². The number of hydrogen-bond acceptors (Lipinski definition) is 9. The Morgan fingerprint density at radius 1 is 0.630 bits per heavy atom. The number of aliphatic imine (C=N–C) groups is 1. The summed E-state index contributed by atoms with van der Waals surface area (Å²) in [4.78, 5) is 17.5. The summed E-state index contributed by atoms with van der Waals surface area (Å²) in [7, 11) is 1.54. The van der Waals surface area contributed by atoms with Crippen LogP contribution in [0.5, 0.6) is 23.0 Å². The van der Waals surface area contributed by atoms with E-state index in [2.05, 4.69) is 29.0 Å². The van der Waals surface area contributed by atoms with Gasteiger partial charge in [-0.05, 0) is 85.1 Å². The van der Waals surface area contributed by atoms with Gasteiger partial charge in [-0.15, -0.1) is 10.2 Å². The number of unbranched alkanes of at least 4 members (excludes halogenated alkanes) is 16. The first-order chi connectivity index (χ1) is 26.6. The number of carbonyl (C=O) groups excluding carboxylic acids is 1. The Morgan fingerprint density at radius 3 is 1.69 bits per heavy atom. The van der Waals surface area contributed by atoms with E-state index in [1.54, 1.807) is 30.5 Å². The number of carbonyl (C=O) groups is 1. The van der Waals surface area contributed by atoms with Gasteiger partial charge in [0.2, 0.25) is 5.13 Å². The average Bonchev–Trinajstić information content (AvgIpc) is 3.68. The topological polar surface area (TPSA) is 92.1 Å². The lowest BCUT2D eigenvalue weighted by molar-refractivity contribution is 0.0729. The van der Waals surface area contributed by atoms with E-state index in [9.17, 15) is 4.79 Å². The molecule has 0 N–H and O–H groups in total. The molecule has 4 rings (SSSR count). The second-order valence-electron chi connectivity index (χ2n) is 13.9. The molecule has 8 nitrogen and oxygen atoms in total. The van der Waals surface area contributed by atoms with Crippen molar-refractivity contribution >= 4 is 28.7 Å². The molecule has 0 amide bonds. The van der Waals surface area contributed by atoms with Crippen molar-refractivity contribution in [1.29, 1.82) is 0 Å². The Balaban J connectivity index is 1.17. The molecule has 0 saturated heterocycles. The van der Waals surface area contributed by atoms with Gasteiger partial charge in [0.15, 0.2) is 11.5 Å². The molecule has 0 bridgehead atoms. The molecule has 0 atom stereocenters. The fourth-order valence-electron chi connectivity index (χ4n) is 6.11. The maximum atomic E-state index is 12.9. The second-order valence-corrected chi connectivity index (χ2v) is 14.8. The molecule has 0 aliphatic heterocycles. The highest BCUT2D eigenvalue weighted by Gasteiger charge is 2.14. The third-order valence-corrected chi connectivity index (χ3v) is 10.2. The van der Waals surface area contributed by atoms with Crippen molar-refractivity contribution in [3.05, 3.63) is 77.9 Å². The van der Waals surface area contributed by atoms with Gasteiger partial charge >= 0.3 is 5.97 Å². The molecule has 0 unspecified atom stereocenters. The van der Waals surface area contributed by atoms with E-state index in [1.165, 1.54) is 121 Å². The summed E-state index contributed by atoms with van der Waals surface area (Å²) < 4.78 is 23.1. The van der Waals surface area contributed by atoms with E-state index < -0.39 is 5.97 Å². The third kappa shape index (κ3) is 16.0. The van der Waals surface area contributed by atoms with Crippen molar-refractivity contribution in [2.45, 2.75) is 129 Å². The van der Waals surface area contributed by atoms with Crippen molar-refractivity contribution < 1.29 is 23.7 Å². The van der Waals surface area contributed by atoms with Crippen LogP contribution in [0.1, 0.15) is 145 Å². The maximum Gasteiger partial charge on any atom is 0.343 e. The molecule has 4 aromatic rings. The van der Waals surface area contributed by atoms with Gasteiger partial charge in [-0.2, -0.15) is 0 Å². The number of benzene rings is 3. The molecule has 1 aromatic heterocycles. The lowest BCUT2D eigenvalue weighted by Gasteiger charge is -2.10. The van der Waals surface area contributed by atoms with Crippen LogP contribution in [-0.2, 0) is 0 Å². The van der Waals surface area contributed by atoms with Gasteiger partial charge < -0.3 is 18.9 Å². The van der Waals surface area contributed by atoms with Gasteiger partial charge in [0.25, 0.3) is 0 Å². The monoisotopic (exact) mass is 755 g/mol. The molecule has 292 valence electrons. The van der Waals surface area contributed by atoms with Crippen LogP contribution in [0.2, 0.25) is 0 Å². The number of ether oxygens (including phenoxy) is 4. The van der Waals surface area contributed by atoms with Crippen LogP contribution in [0.25, 0.3) is 10.6 Å². The number of hydrogen-bond donors (Lipinski definition) is 0. The second kappa shape index (κ2) is 25.7. The van der Waals surface area contributed by atoms with Crippen LogP contribution in [0, 0.1) is 0 Å². The fourth-order valence-corrected chi connectivity index (χ4v) is 6.80. The Morgan fingerprint density at radius 2 is 1.15 bits per heavy atom. The molecule has 1 heterocycles. The summed E-state index contributed by atoms with van der Waals surface area (Å²) in [5.74, 6) is 1.89. The Bertz CT molecular complexity index is 1640. The Labute approximate surface area is 327 Å². The van der Waals surface area contributed by atoms with Crippen molar-refractivity contribution in [1.82, 2.24) is 10.2 Å². The minimum atomic E-state index is -0.472. The van der Waals surface area contributed by atoms with Gasteiger partial charge in [-0.3, -0.25) is 0 Å². The van der Waals surface area contributed by atoms with E-state index in [4.69, 9.17) is 18.9 Å². The summed E-state index contributed by atoms with van der Waals surface area (Å²) in [6.07, 6.45) is 24.8. The highest BCUT2D eigenvalue weighted by molar-refractivity contribution is 7.18. The molecule has 54 heavy (non-hydrogen) atoms. The molecule has 0 saturated carbocycles. The van der Waals surface area contributed by atoms with Crippen LogP contribution >= 0.6 is 11.3 Å². The van der Waals surface area contributed by atoms with Crippen LogP contribution in [-0.4, -0.2) is 42.7 Å². The zero-order valence-corrected chi connectivity index (χ0v) is 33.7. The average molecular weight is 756 g/mol. The standard InChI is InChI=1S/C45H61N3O5S/c1-4-6-8-10-12-14-15-17-19-21-33-52-40-29-25-38(26-30-40)44(49)53-41-31-22-36(34-42(41)50-3)35-46-45-48-47-43(54-45)37-23-27-39(28-24-37)51-32-20-18-16-13-11-9-7-5-2/h22-31,34-35H,4-21,32-33H2,1-3H3/b46-35+. The van der Waals surface area contributed by atoms with Gasteiger partial charge in [0.05, 0.1) is 25.9 Å². The van der Waals surface area contributed by atoms with E-state index >= 15 is 0 Å². The molecule has 0 aliphatic rings. The molecular weight excluding hydrogens is 695 g/mol. The summed E-state index contributed by atoms with van der Waals surface area (Å²) in [5, 5.41) is 9.89. The largest absolute Gasteiger partial charge is 0.494 e.